The second kappa shape index (κ2) is 7.09. The van der Waals surface area contributed by atoms with Gasteiger partial charge >= 0.3 is 5.97 Å². The number of carbonyl (C=O) groups excluding carboxylic acids is 1. The van der Waals surface area contributed by atoms with Gasteiger partial charge in [0, 0.05) is 0 Å². The average Bonchev–Trinajstić information content (AvgIpc) is 2.93. The highest BCUT2D eigenvalue weighted by Crippen LogP contribution is 2.29. The molecule has 112 valence electrons. The number of ether oxygens (including phenoxy) is 2. The first kappa shape index (κ1) is 16.0. The van der Waals surface area contributed by atoms with Crippen molar-refractivity contribution >= 4 is 37.8 Å². The molecule has 0 spiro atoms. The molecule has 0 bridgehead atoms. The number of methoxy groups -OCH3 is 1. The Hall–Kier alpha value is -1.34. The number of hydrogen-bond donors (Lipinski definition) is 0. The fraction of sp³-hybridized carbons (Fsp3) is 0.286. The van der Waals surface area contributed by atoms with Crippen molar-refractivity contribution in [2.75, 3.05) is 13.7 Å². The highest BCUT2D eigenvalue weighted by Gasteiger charge is 2.20. The maximum Gasteiger partial charge on any atom is 0.357 e. The van der Waals surface area contributed by atoms with Gasteiger partial charge < -0.3 is 9.47 Å². The van der Waals surface area contributed by atoms with E-state index in [1.807, 2.05) is 24.3 Å². The van der Waals surface area contributed by atoms with Gasteiger partial charge in [-0.15, -0.1) is 0 Å². The summed E-state index contributed by atoms with van der Waals surface area (Å²) in [6, 6.07) is 8.97. The predicted molar refractivity (Wildman–Crippen MR) is 86.7 cm³/mol. The molecule has 2 rings (SSSR count). The van der Waals surface area contributed by atoms with Gasteiger partial charge in [-0.1, -0.05) is 31.9 Å². The van der Waals surface area contributed by atoms with Crippen molar-refractivity contribution in [2.24, 2.45) is 0 Å². The predicted octanol–water partition coefficient (Wildman–Crippen LogP) is 3.85. The molecular formula is C14H14Br2N2O3. The topological polar surface area (TPSA) is 53.3 Å². The molecular weight excluding hydrogens is 404 g/mol. The molecule has 2 aromatic rings. The number of carbonyl (C=O) groups is 1. The van der Waals surface area contributed by atoms with E-state index in [1.54, 1.807) is 24.8 Å². The minimum atomic E-state index is -0.410. The van der Waals surface area contributed by atoms with Gasteiger partial charge in [0.1, 0.15) is 9.49 Å². The summed E-state index contributed by atoms with van der Waals surface area (Å²) < 4.78 is 11.6. The van der Waals surface area contributed by atoms with Crippen molar-refractivity contribution in [3.63, 3.8) is 0 Å². The molecule has 0 aliphatic heterocycles. The summed E-state index contributed by atoms with van der Waals surface area (Å²) in [4.78, 5) is 12.1. The molecule has 0 amide bonds. The molecule has 0 fully saturated rings. The summed E-state index contributed by atoms with van der Waals surface area (Å²) in [6.45, 7) is 2.08. The number of halogens is 2. The molecule has 1 heterocycles. The van der Waals surface area contributed by atoms with Gasteiger partial charge in [-0.25, -0.2) is 9.48 Å². The lowest BCUT2D eigenvalue weighted by atomic mass is 10.3. The number of benzene rings is 1. The molecule has 0 atom stereocenters. The number of hydrogen-bond acceptors (Lipinski definition) is 4. The van der Waals surface area contributed by atoms with E-state index in [-0.39, 0.29) is 3.74 Å². The van der Waals surface area contributed by atoms with Crippen LogP contribution in [0.1, 0.15) is 26.8 Å². The van der Waals surface area contributed by atoms with Crippen molar-refractivity contribution in [2.45, 2.75) is 10.7 Å². The van der Waals surface area contributed by atoms with Crippen LogP contribution < -0.4 is 4.74 Å². The number of rotatable bonds is 5. The first-order valence-electron chi connectivity index (χ1n) is 6.26. The lowest BCUT2D eigenvalue weighted by Gasteiger charge is -2.07. The maximum absolute atomic E-state index is 12.1. The van der Waals surface area contributed by atoms with Crippen LogP contribution in [0.15, 0.2) is 30.3 Å². The number of esters is 1. The van der Waals surface area contributed by atoms with Crippen LogP contribution >= 0.6 is 31.9 Å². The van der Waals surface area contributed by atoms with Crippen LogP contribution in [0.5, 0.6) is 5.75 Å². The molecule has 5 nitrogen and oxygen atoms in total. The Morgan fingerprint density at radius 1 is 1.33 bits per heavy atom. The minimum Gasteiger partial charge on any atom is -0.497 e. The summed E-state index contributed by atoms with van der Waals surface area (Å²) in [5, 5.41) is 4.42. The van der Waals surface area contributed by atoms with E-state index in [4.69, 9.17) is 9.47 Å². The smallest absolute Gasteiger partial charge is 0.357 e. The molecule has 0 radical (unpaired) electrons. The number of alkyl halides is 2. The summed E-state index contributed by atoms with van der Waals surface area (Å²) in [5.74, 6) is 0.329. The molecule has 0 aliphatic rings. The second-order valence-electron chi connectivity index (χ2n) is 4.09. The van der Waals surface area contributed by atoms with Crippen molar-refractivity contribution < 1.29 is 14.3 Å². The first-order valence-corrected chi connectivity index (χ1v) is 8.09. The summed E-state index contributed by atoms with van der Waals surface area (Å²) >= 11 is 6.76. The Kier molecular flexibility index (Phi) is 5.41. The van der Waals surface area contributed by atoms with Gasteiger partial charge in [0.15, 0.2) is 5.69 Å². The van der Waals surface area contributed by atoms with Crippen LogP contribution in [0.3, 0.4) is 0 Å². The molecule has 0 saturated carbocycles. The lowest BCUT2D eigenvalue weighted by Crippen LogP contribution is -2.11. The molecule has 0 unspecified atom stereocenters. The fourth-order valence-electron chi connectivity index (χ4n) is 1.78. The number of aromatic nitrogens is 2. The quantitative estimate of drug-likeness (QED) is 0.547. The van der Waals surface area contributed by atoms with Crippen molar-refractivity contribution in [3.05, 3.63) is 41.7 Å². The van der Waals surface area contributed by atoms with Crippen LogP contribution in [0, 0.1) is 0 Å². The summed E-state index contributed by atoms with van der Waals surface area (Å²) in [7, 11) is 1.60. The fourth-order valence-corrected chi connectivity index (χ4v) is 2.22. The third-order valence-electron chi connectivity index (χ3n) is 2.75. The van der Waals surface area contributed by atoms with Gasteiger partial charge in [-0.2, -0.15) is 5.10 Å². The highest BCUT2D eigenvalue weighted by atomic mass is 79.9. The third kappa shape index (κ3) is 3.65. The van der Waals surface area contributed by atoms with Gasteiger partial charge in [-0.3, -0.25) is 0 Å². The molecule has 0 saturated heterocycles. The van der Waals surface area contributed by atoms with E-state index >= 15 is 0 Å². The standard InChI is InChI=1S/C14H14Br2N2O3/c1-3-21-14(19)12-8-11(13(15)16)17-18(12)9-4-6-10(20-2)7-5-9/h4-8,13H,3H2,1-2H3. The SMILES string of the molecule is CCOC(=O)c1cc(C(Br)Br)nn1-c1ccc(OC)cc1. The van der Waals surface area contributed by atoms with Crippen LogP contribution in [-0.4, -0.2) is 29.5 Å². The van der Waals surface area contributed by atoms with Gasteiger partial charge in [0.25, 0.3) is 0 Å². The lowest BCUT2D eigenvalue weighted by molar-refractivity contribution is 0.0515. The Morgan fingerprint density at radius 3 is 2.52 bits per heavy atom. The Morgan fingerprint density at radius 2 is 2.00 bits per heavy atom. The zero-order valence-electron chi connectivity index (χ0n) is 11.5. The van der Waals surface area contributed by atoms with Crippen molar-refractivity contribution in [1.29, 1.82) is 0 Å². The normalized spacial score (nSPS) is 10.7. The molecule has 0 N–H and O–H groups in total. The van der Waals surface area contributed by atoms with E-state index in [0.717, 1.165) is 11.4 Å². The van der Waals surface area contributed by atoms with Gasteiger partial charge in [0.2, 0.25) is 0 Å². The van der Waals surface area contributed by atoms with E-state index in [1.165, 1.54) is 0 Å². The Balaban J connectivity index is 2.46. The van der Waals surface area contributed by atoms with E-state index in [0.29, 0.717) is 18.0 Å². The zero-order chi connectivity index (χ0) is 15.4. The summed E-state index contributed by atoms with van der Waals surface area (Å²) in [6.07, 6.45) is 0. The van der Waals surface area contributed by atoms with E-state index in [9.17, 15) is 4.79 Å². The largest absolute Gasteiger partial charge is 0.497 e. The molecule has 0 aliphatic carbocycles. The van der Waals surface area contributed by atoms with Crippen LogP contribution in [0.25, 0.3) is 5.69 Å². The van der Waals surface area contributed by atoms with Gasteiger partial charge in [-0.05, 0) is 37.3 Å². The van der Waals surface area contributed by atoms with Crippen LogP contribution in [0.4, 0.5) is 0 Å². The van der Waals surface area contributed by atoms with Crippen LogP contribution in [-0.2, 0) is 4.74 Å². The molecule has 1 aromatic heterocycles. The minimum absolute atomic E-state index is 0.141. The zero-order valence-corrected chi connectivity index (χ0v) is 14.7. The van der Waals surface area contributed by atoms with Crippen molar-refractivity contribution in [3.8, 4) is 11.4 Å². The third-order valence-corrected chi connectivity index (χ3v) is 3.69. The van der Waals surface area contributed by atoms with Crippen molar-refractivity contribution in [1.82, 2.24) is 9.78 Å². The monoisotopic (exact) mass is 416 g/mol. The average molecular weight is 418 g/mol. The highest BCUT2D eigenvalue weighted by molar-refractivity contribution is 9.24. The van der Waals surface area contributed by atoms with Gasteiger partial charge in [0.05, 0.1) is 25.1 Å². The second-order valence-corrected chi connectivity index (χ2v) is 7.15. The summed E-state index contributed by atoms with van der Waals surface area (Å²) in [5.41, 5.74) is 1.82. The first-order chi connectivity index (χ1) is 10.1. The van der Waals surface area contributed by atoms with E-state index in [2.05, 4.69) is 37.0 Å². The van der Waals surface area contributed by atoms with E-state index < -0.39 is 5.97 Å². The Labute approximate surface area is 139 Å². The molecule has 21 heavy (non-hydrogen) atoms. The van der Waals surface area contributed by atoms with Crippen LogP contribution in [0.2, 0.25) is 0 Å². The maximum atomic E-state index is 12.1. The molecule has 1 aromatic carbocycles. The number of nitrogens with zero attached hydrogens (tertiary/aromatic N) is 2. The Bertz CT molecular complexity index is 624. The molecule has 7 heteroatoms.